The average molecular weight is 257 g/mol. The fraction of sp³-hybridized carbons (Fsp3) is 0.438. The first-order valence-electron chi connectivity index (χ1n) is 6.99. The molecule has 0 bridgehead atoms. The lowest BCUT2D eigenvalue weighted by atomic mass is 10.0. The van der Waals surface area contributed by atoms with E-state index in [1.165, 1.54) is 16.7 Å². The Bertz CT molecular complexity index is 508. The first-order valence-corrected chi connectivity index (χ1v) is 6.99. The Hall–Kier alpha value is -1.61. The molecule has 0 radical (unpaired) electrons. The van der Waals surface area contributed by atoms with Crippen molar-refractivity contribution in [2.24, 2.45) is 0 Å². The van der Waals surface area contributed by atoms with Crippen LogP contribution in [0, 0.1) is 13.8 Å². The Balaban J connectivity index is 2.03. The summed E-state index contributed by atoms with van der Waals surface area (Å²) in [5.74, 6) is 0. The van der Waals surface area contributed by atoms with Crippen LogP contribution in [0.5, 0.6) is 0 Å². The molecular weight excluding hydrogens is 234 g/mol. The van der Waals surface area contributed by atoms with E-state index in [2.05, 4.69) is 61.6 Å². The number of benzene rings is 1. The molecule has 2 aromatic rings. The van der Waals surface area contributed by atoms with Crippen LogP contribution in [0.25, 0.3) is 0 Å². The highest BCUT2D eigenvalue weighted by Gasteiger charge is 2.04. The number of aryl methyl sites for hydroxylation is 2. The summed E-state index contributed by atoms with van der Waals surface area (Å²) in [6, 6.07) is 8.53. The highest BCUT2D eigenvalue weighted by molar-refractivity contribution is 5.33. The van der Waals surface area contributed by atoms with Crippen molar-refractivity contribution >= 4 is 0 Å². The molecule has 0 aliphatic heterocycles. The molecule has 0 saturated heterocycles. The van der Waals surface area contributed by atoms with Gasteiger partial charge in [0.1, 0.15) is 0 Å². The smallest absolute Gasteiger partial charge is 0.0762 e. The fourth-order valence-electron chi connectivity index (χ4n) is 2.24. The van der Waals surface area contributed by atoms with Crippen molar-refractivity contribution in [3.8, 4) is 0 Å². The van der Waals surface area contributed by atoms with Gasteiger partial charge in [-0.3, -0.25) is 4.68 Å². The normalized spacial score (nSPS) is 10.9. The van der Waals surface area contributed by atoms with E-state index in [0.29, 0.717) is 0 Å². The van der Waals surface area contributed by atoms with Crippen LogP contribution in [0.1, 0.15) is 35.7 Å². The summed E-state index contributed by atoms with van der Waals surface area (Å²) in [5.41, 5.74) is 5.15. The maximum absolute atomic E-state index is 4.61. The number of aromatic nitrogens is 2. The quantitative estimate of drug-likeness (QED) is 0.806. The molecule has 3 heteroatoms. The predicted molar refractivity (Wildman–Crippen MR) is 79.2 cm³/mol. The molecule has 0 aliphatic carbocycles. The van der Waals surface area contributed by atoms with Crippen LogP contribution in [0.15, 0.2) is 30.5 Å². The molecule has 0 aliphatic rings. The van der Waals surface area contributed by atoms with E-state index in [4.69, 9.17) is 0 Å². The van der Waals surface area contributed by atoms with Crippen molar-refractivity contribution in [2.75, 3.05) is 6.54 Å². The van der Waals surface area contributed by atoms with Crippen molar-refractivity contribution in [3.05, 3.63) is 52.8 Å². The van der Waals surface area contributed by atoms with Gasteiger partial charge in [-0.2, -0.15) is 5.10 Å². The van der Waals surface area contributed by atoms with Gasteiger partial charge in [0, 0.05) is 12.7 Å². The van der Waals surface area contributed by atoms with Crippen molar-refractivity contribution in [1.82, 2.24) is 15.1 Å². The van der Waals surface area contributed by atoms with Gasteiger partial charge in [-0.1, -0.05) is 25.1 Å². The Kier molecular flexibility index (Phi) is 4.74. The zero-order chi connectivity index (χ0) is 13.7. The SMILES string of the molecule is CCCNCc1ccn(Cc2c(C)cccc2C)n1. The van der Waals surface area contributed by atoms with E-state index in [1.807, 2.05) is 4.68 Å². The van der Waals surface area contributed by atoms with Crippen LogP contribution in [-0.2, 0) is 13.1 Å². The van der Waals surface area contributed by atoms with Crippen molar-refractivity contribution < 1.29 is 0 Å². The lowest BCUT2D eigenvalue weighted by Crippen LogP contribution is -2.14. The van der Waals surface area contributed by atoms with Crippen molar-refractivity contribution in [2.45, 2.75) is 40.3 Å². The molecule has 1 N–H and O–H groups in total. The highest BCUT2D eigenvalue weighted by atomic mass is 15.3. The van der Waals surface area contributed by atoms with Crippen LogP contribution < -0.4 is 5.32 Å². The van der Waals surface area contributed by atoms with Gasteiger partial charge in [-0.15, -0.1) is 0 Å². The molecule has 0 amide bonds. The zero-order valence-corrected chi connectivity index (χ0v) is 12.1. The largest absolute Gasteiger partial charge is 0.311 e. The minimum absolute atomic E-state index is 0.853. The Morgan fingerprint density at radius 3 is 2.58 bits per heavy atom. The molecule has 19 heavy (non-hydrogen) atoms. The van der Waals surface area contributed by atoms with Crippen LogP contribution in [-0.4, -0.2) is 16.3 Å². The molecule has 0 spiro atoms. The number of rotatable bonds is 6. The second kappa shape index (κ2) is 6.53. The summed E-state index contributed by atoms with van der Waals surface area (Å²) in [6.45, 7) is 9.25. The summed E-state index contributed by atoms with van der Waals surface area (Å²) < 4.78 is 2.03. The van der Waals surface area contributed by atoms with Gasteiger partial charge in [0.15, 0.2) is 0 Å². The minimum Gasteiger partial charge on any atom is -0.311 e. The van der Waals surface area contributed by atoms with Gasteiger partial charge in [-0.25, -0.2) is 0 Å². The molecule has 0 fully saturated rings. The van der Waals surface area contributed by atoms with E-state index in [0.717, 1.165) is 31.7 Å². The van der Waals surface area contributed by atoms with Crippen LogP contribution in [0.4, 0.5) is 0 Å². The first kappa shape index (κ1) is 13.8. The van der Waals surface area contributed by atoms with Crippen LogP contribution in [0.2, 0.25) is 0 Å². The summed E-state index contributed by atoms with van der Waals surface area (Å²) in [7, 11) is 0. The number of nitrogens with one attached hydrogen (secondary N) is 1. The lowest BCUT2D eigenvalue weighted by Gasteiger charge is -2.09. The van der Waals surface area contributed by atoms with Crippen molar-refractivity contribution in [1.29, 1.82) is 0 Å². The molecule has 102 valence electrons. The van der Waals surface area contributed by atoms with Gasteiger partial charge in [0.2, 0.25) is 0 Å². The molecule has 1 aromatic carbocycles. The summed E-state index contributed by atoms with van der Waals surface area (Å²) in [5, 5.41) is 7.99. The maximum Gasteiger partial charge on any atom is 0.0762 e. The summed E-state index contributed by atoms with van der Waals surface area (Å²) in [4.78, 5) is 0. The second-order valence-electron chi connectivity index (χ2n) is 5.05. The zero-order valence-electron chi connectivity index (χ0n) is 12.1. The van der Waals surface area contributed by atoms with E-state index < -0.39 is 0 Å². The third-order valence-electron chi connectivity index (χ3n) is 3.39. The minimum atomic E-state index is 0.853. The first-order chi connectivity index (χ1) is 9.20. The Labute approximate surface area is 115 Å². The number of hydrogen-bond acceptors (Lipinski definition) is 2. The van der Waals surface area contributed by atoms with Crippen molar-refractivity contribution in [3.63, 3.8) is 0 Å². The molecule has 0 atom stereocenters. The van der Waals surface area contributed by atoms with E-state index >= 15 is 0 Å². The van der Waals surface area contributed by atoms with Gasteiger partial charge in [0.25, 0.3) is 0 Å². The topological polar surface area (TPSA) is 29.9 Å². The van der Waals surface area contributed by atoms with E-state index in [-0.39, 0.29) is 0 Å². The second-order valence-corrected chi connectivity index (χ2v) is 5.05. The monoisotopic (exact) mass is 257 g/mol. The molecule has 0 saturated carbocycles. The molecule has 2 rings (SSSR count). The third-order valence-corrected chi connectivity index (χ3v) is 3.39. The molecule has 0 unspecified atom stereocenters. The lowest BCUT2D eigenvalue weighted by molar-refractivity contribution is 0.626. The number of hydrogen-bond donors (Lipinski definition) is 1. The average Bonchev–Trinajstić information content (AvgIpc) is 2.82. The van der Waals surface area contributed by atoms with Gasteiger partial charge in [-0.05, 0) is 49.6 Å². The highest BCUT2D eigenvalue weighted by Crippen LogP contribution is 2.14. The summed E-state index contributed by atoms with van der Waals surface area (Å²) in [6.07, 6.45) is 3.22. The predicted octanol–water partition coefficient (Wildman–Crippen LogP) is 3.05. The summed E-state index contributed by atoms with van der Waals surface area (Å²) >= 11 is 0. The Morgan fingerprint density at radius 2 is 1.89 bits per heavy atom. The van der Waals surface area contributed by atoms with E-state index in [1.54, 1.807) is 0 Å². The van der Waals surface area contributed by atoms with Crippen LogP contribution >= 0.6 is 0 Å². The standard InChI is InChI=1S/C16H23N3/c1-4-9-17-11-15-8-10-19(18-15)12-16-13(2)6-5-7-14(16)3/h5-8,10,17H,4,9,11-12H2,1-3H3. The van der Waals surface area contributed by atoms with E-state index in [9.17, 15) is 0 Å². The third kappa shape index (κ3) is 3.67. The number of nitrogens with zero attached hydrogens (tertiary/aromatic N) is 2. The molecule has 1 heterocycles. The fourth-order valence-corrected chi connectivity index (χ4v) is 2.24. The molecule has 3 nitrogen and oxygen atoms in total. The Morgan fingerprint density at radius 1 is 1.16 bits per heavy atom. The van der Waals surface area contributed by atoms with Gasteiger partial charge < -0.3 is 5.32 Å². The van der Waals surface area contributed by atoms with Gasteiger partial charge in [0.05, 0.1) is 12.2 Å². The van der Waals surface area contributed by atoms with Crippen LogP contribution in [0.3, 0.4) is 0 Å². The van der Waals surface area contributed by atoms with Gasteiger partial charge >= 0.3 is 0 Å². The molecule has 1 aromatic heterocycles. The molecular formula is C16H23N3. The maximum atomic E-state index is 4.61.